The standard InChI is InChI=1S/C34H40N4O5/c1-3-43-33(41)26-15-19-27(20-16-26)36-31(39)21-29(25-10-5-4-6-11-25)32(40)35-22-24-13-17-28(18-14-24)37-34(42)38-30-12-8-7-9-23(30)2/h4-14,17-18,26-27,29H,3,15-16,19-22H2,1-2H3,(H,35,40)(H,36,39)(H2,37,38,42). The van der Waals surface area contributed by atoms with Crippen molar-refractivity contribution in [2.75, 3.05) is 17.2 Å². The Morgan fingerprint density at radius 3 is 2.19 bits per heavy atom. The molecule has 0 radical (unpaired) electrons. The number of urea groups is 1. The highest BCUT2D eigenvalue weighted by molar-refractivity contribution is 6.00. The predicted octanol–water partition coefficient (Wildman–Crippen LogP) is 5.67. The smallest absolute Gasteiger partial charge is 0.323 e. The van der Waals surface area contributed by atoms with E-state index in [1.807, 2.05) is 73.7 Å². The zero-order valence-electron chi connectivity index (χ0n) is 24.7. The van der Waals surface area contributed by atoms with Crippen LogP contribution >= 0.6 is 0 Å². The highest BCUT2D eigenvalue weighted by Crippen LogP contribution is 2.26. The van der Waals surface area contributed by atoms with Crippen LogP contribution in [0, 0.1) is 12.8 Å². The molecule has 0 aliphatic heterocycles. The number of carbonyl (C=O) groups is 4. The van der Waals surface area contributed by atoms with Crippen molar-refractivity contribution in [3.63, 3.8) is 0 Å². The summed E-state index contributed by atoms with van der Waals surface area (Å²) in [5.74, 6) is -1.36. The zero-order chi connectivity index (χ0) is 30.6. The molecule has 4 N–H and O–H groups in total. The molecule has 1 unspecified atom stereocenters. The molecule has 4 rings (SSSR count). The minimum Gasteiger partial charge on any atom is -0.466 e. The summed E-state index contributed by atoms with van der Waals surface area (Å²) < 4.78 is 5.14. The van der Waals surface area contributed by atoms with Crippen LogP contribution in [0.15, 0.2) is 78.9 Å². The van der Waals surface area contributed by atoms with Gasteiger partial charge in [0.1, 0.15) is 0 Å². The number of aryl methyl sites for hydroxylation is 1. The number of rotatable bonds is 11. The molecule has 1 aliphatic rings. The Hall–Kier alpha value is -4.66. The first kappa shape index (κ1) is 31.3. The lowest BCUT2D eigenvalue weighted by atomic mass is 9.85. The molecule has 9 nitrogen and oxygen atoms in total. The van der Waals surface area contributed by atoms with Crippen molar-refractivity contribution in [1.29, 1.82) is 0 Å². The molecule has 3 aromatic carbocycles. The first-order valence-corrected chi connectivity index (χ1v) is 14.8. The van der Waals surface area contributed by atoms with Crippen LogP contribution in [0.5, 0.6) is 0 Å². The molecule has 1 aliphatic carbocycles. The van der Waals surface area contributed by atoms with Crippen molar-refractivity contribution in [3.05, 3.63) is 95.6 Å². The lowest BCUT2D eigenvalue weighted by Gasteiger charge is -2.28. The zero-order valence-corrected chi connectivity index (χ0v) is 24.7. The summed E-state index contributed by atoms with van der Waals surface area (Å²) in [7, 11) is 0. The minimum atomic E-state index is -0.650. The average molecular weight is 585 g/mol. The maximum Gasteiger partial charge on any atom is 0.323 e. The maximum atomic E-state index is 13.3. The molecule has 3 aromatic rings. The number of hydrogen-bond donors (Lipinski definition) is 4. The Balaban J connectivity index is 1.29. The molecule has 1 saturated carbocycles. The minimum absolute atomic E-state index is 0.0203. The Morgan fingerprint density at radius 2 is 1.51 bits per heavy atom. The molecule has 1 atom stereocenters. The van der Waals surface area contributed by atoms with E-state index in [4.69, 9.17) is 4.74 Å². The molecule has 0 heterocycles. The van der Waals surface area contributed by atoms with Crippen molar-refractivity contribution in [2.24, 2.45) is 5.92 Å². The van der Waals surface area contributed by atoms with Crippen LogP contribution in [0.3, 0.4) is 0 Å². The van der Waals surface area contributed by atoms with Crippen molar-refractivity contribution in [2.45, 2.75) is 64.5 Å². The topological polar surface area (TPSA) is 126 Å². The average Bonchev–Trinajstić information content (AvgIpc) is 3.01. The van der Waals surface area contributed by atoms with Gasteiger partial charge in [-0.25, -0.2) is 4.79 Å². The largest absolute Gasteiger partial charge is 0.466 e. The number of anilines is 2. The van der Waals surface area contributed by atoms with E-state index in [-0.39, 0.29) is 48.7 Å². The molecule has 0 spiro atoms. The van der Waals surface area contributed by atoms with Crippen molar-refractivity contribution in [3.8, 4) is 0 Å². The van der Waals surface area contributed by atoms with E-state index >= 15 is 0 Å². The third-order valence-corrected chi connectivity index (χ3v) is 7.69. The molecule has 43 heavy (non-hydrogen) atoms. The maximum absolute atomic E-state index is 13.3. The molecule has 0 bridgehead atoms. The summed E-state index contributed by atoms with van der Waals surface area (Å²) in [6.45, 7) is 4.37. The summed E-state index contributed by atoms with van der Waals surface area (Å²) in [6, 6.07) is 23.7. The van der Waals surface area contributed by atoms with Crippen LogP contribution in [-0.2, 0) is 25.7 Å². The lowest BCUT2D eigenvalue weighted by molar-refractivity contribution is -0.149. The van der Waals surface area contributed by atoms with Crippen molar-refractivity contribution < 1.29 is 23.9 Å². The highest BCUT2D eigenvalue weighted by Gasteiger charge is 2.29. The van der Waals surface area contributed by atoms with Gasteiger partial charge in [0.2, 0.25) is 11.8 Å². The summed E-state index contributed by atoms with van der Waals surface area (Å²) in [5, 5.41) is 11.7. The van der Waals surface area contributed by atoms with Crippen LogP contribution in [0.2, 0.25) is 0 Å². The second kappa shape index (κ2) is 15.5. The molecular formula is C34H40N4O5. The number of para-hydroxylation sites is 1. The van der Waals surface area contributed by atoms with Gasteiger partial charge in [0.25, 0.3) is 0 Å². The van der Waals surface area contributed by atoms with Gasteiger partial charge < -0.3 is 26.0 Å². The SMILES string of the molecule is CCOC(=O)C1CCC(NC(=O)CC(C(=O)NCc2ccc(NC(=O)Nc3ccccc3C)cc2)c2ccccc2)CC1. The molecule has 9 heteroatoms. The van der Waals surface area contributed by atoms with Crippen LogP contribution in [0.25, 0.3) is 0 Å². The molecule has 4 amide bonds. The van der Waals surface area contributed by atoms with E-state index < -0.39 is 5.92 Å². The number of ether oxygens (including phenoxy) is 1. The van der Waals surface area contributed by atoms with Gasteiger partial charge in [-0.05, 0) is 74.4 Å². The van der Waals surface area contributed by atoms with Crippen LogP contribution < -0.4 is 21.3 Å². The van der Waals surface area contributed by atoms with E-state index in [0.29, 0.717) is 38.0 Å². The van der Waals surface area contributed by atoms with Crippen LogP contribution in [0.1, 0.15) is 61.6 Å². The molecular weight excluding hydrogens is 544 g/mol. The van der Waals surface area contributed by atoms with Gasteiger partial charge in [-0.15, -0.1) is 0 Å². The summed E-state index contributed by atoms with van der Waals surface area (Å²) >= 11 is 0. The summed E-state index contributed by atoms with van der Waals surface area (Å²) in [4.78, 5) is 50.8. The van der Waals surface area contributed by atoms with Gasteiger partial charge in [0.15, 0.2) is 0 Å². The van der Waals surface area contributed by atoms with E-state index in [2.05, 4.69) is 21.3 Å². The fourth-order valence-corrected chi connectivity index (χ4v) is 5.27. The van der Waals surface area contributed by atoms with E-state index in [1.54, 1.807) is 19.1 Å². The monoisotopic (exact) mass is 584 g/mol. The van der Waals surface area contributed by atoms with Gasteiger partial charge >= 0.3 is 12.0 Å². The third-order valence-electron chi connectivity index (χ3n) is 7.69. The normalized spacial score (nSPS) is 16.8. The van der Waals surface area contributed by atoms with Gasteiger partial charge in [-0.1, -0.05) is 60.7 Å². The third kappa shape index (κ3) is 9.43. The quantitative estimate of drug-likeness (QED) is 0.216. The first-order valence-electron chi connectivity index (χ1n) is 14.8. The van der Waals surface area contributed by atoms with Gasteiger partial charge in [-0.3, -0.25) is 14.4 Å². The number of carbonyl (C=O) groups excluding carboxylic acids is 4. The first-order chi connectivity index (χ1) is 20.8. The summed E-state index contributed by atoms with van der Waals surface area (Å²) in [6.07, 6.45) is 2.79. The lowest BCUT2D eigenvalue weighted by Crippen LogP contribution is -2.40. The second-order valence-corrected chi connectivity index (χ2v) is 10.8. The van der Waals surface area contributed by atoms with Gasteiger partial charge in [-0.2, -0.15) is 0 Å². The number of amides is 4. The molecule has 1 fully saturated rings. The fourth-order valence-electron chi connectivity index (χ4n) is 5.27. The molecule has 0 aromatic heterocycles. The molecule has 0 saturated heterocycles. The Labute approximate surface area is 252 Å². The number of nitrogens with one attached hydrogen (secondary N) is 4. The van der Waals surface area contributed by atoms with Crippen molar-refractivity contribution in [1.82, 2.24) is 10.6 Å². The number of benzene rings is 3. The highest BCUT2D eigenvalue weighted by atomic mass is 16.5. The van der Waals surface area contributed by atoms with E-state index in [0.717, 1.165) is 22.4 Å². The molecule has 226 valence electrons. The van der Waals surface area contributed by atoms with Gasteiger partial charge in [0, 0.05) is 30.4 Å². The number of esters is 1. The summed E-state index contributed by atoms with van der Waals surface area (Å²) in [5.41, 5.74) is 3.94. The van der Waals surface area contributed by atoms with Crippen LogP contribution in [0.4, 0.5) is 16.2 Å². The Kier molecular flexibility index (Phi) is 11.3. The predicted molar refractivity (Wildman–Crippen MR) is 166 cm³/mol. The van der Waals surface area contributed by atoms with E-state index in [1.165, 1.54) is 0 Å². The Morgan fingerprint density at radius 1 is 0.837 bits per heavy atom. The van der Waals surface area contributed by atoms with Crippen LogP contribution in [-0.4, -0.2) is 36.5 Å². The second-order valence-electron chi connectivity index (χ2n) is 10.8. The van der Waals surface area contributed by atoms with Crippen molar-refractivity contribution >= 4 is 35.2 Å². The van der Waals surface area contributed by atoms with Gasteiger partial charge in [0.05, 0.1) is 18.4 Å². The fraction of sp³-hybridized carbons (Fsp3) is 0.353. The number of hydrogen-bond acceptors (Lipinski definition) is 5. The van der Waals surface area contributed by atoms with E-state index in [9.17, 15) is 19.2 Å². The Bertz CT molecular complexity index is 1390.